The van der Waals surface area contributed by atoms with Gasteiger partial charge in [0, 0.05) is 27.8 Å². The van der Waals surface area contributed by atoms with E-state index < -0.39 is 0 Å². The zero-order valence-corrected chi connectivity index (χ0v) is 11.5. The van der Waals surface area contributed by atoms with Crippen LogP contribution in [0.4, 0.5) is 0 Å². The Morgan fingerprint density at radius 3 is 2.79 bits per heavy atom. The van der Waals surface area contributed by atoms with Crippen LogP contribution < -0.4 is 5.32 Å². The van der Waals surface area contributed by atoms with Gasteiger partial charge in [0.25, 0.3) is 0 Å². The highest BCUT2D eigenvalue weighted by Gasteiger charge is 2.11. The third-order valence-corrected chi connectivity index (χ3v) is 4.79. The monoisotopic (exact) mass is 295 g/mol. The third-order valence-electron chi connectivity index (χ3n) is 2.37. The summed E-state index contributed by atoms with van der Waals surface area (Å²) >= 11 is 11.1. The molecule has 80 valence electrons. The van der Waals surface area contributed by atoms with Crippen LogP contribution in [0.1, 0.15) is 18.7 Å². The summed E-state index contributed by atoms with van der Waals surface area (Å²) in [4.78, 5) is 1.35. The van der Waals surface area contributed by atoms with E-state index in [9.17, 15) is 0 Å². The third kappa shape index (κ3) is 3.54. The summed E-state index contributed by atoms with van der Waals surface area (Å²) in [6.45, 7) is 5.25. The second-order valence-corrected chi connectivity index (χ2v) is 5.66. The molecule has 0 saturated heterocycles. The van der Waals surface area contributed by atoms with E-state index in [1.54, 1.807) is 11.3 Å². The van der Waals surface area contributed by atoms with Crippen molar-refractivity contribution in [3.05, 3.63) is 20.8 Å². The average Bonchev–Trinajstić information content (AvgIpc) is 2.59. The number of nitrogens with one attached hydrogen (secondary N) is 1. The van der Waals surface area contributed by atoms with Crippen molar-refractivity contribution in [2.24, 2.45) is 5.92 Å². The summed E-state index contributed by atoms with van der Waals surface area (Å²) in [7, 11) is 0. The van der Waals surface area contributed by atoms with E-state index in [0.717, 1.165) is 6.54 Å². The van der Waals surface area contributed by atoms with Crippen molar-refractivity contribution in [3.8, 4) is 0 Å². The number of rotatable bonds is 5. The van der Waals surface area contributed by atoms with E-state index in [-0.39, 0.29) is 0 Å². The van der Waals surface area contributed by atoms with Crippen LogP contribution in [0.2, 0.25) is 0 Å². The van der Waals surface area contributed by atoms with E-state index in [1.807, 2.05) is 0 Å². The van der Waals surface area contributed by atoms with Gasteiger partial charge in [-0.1, -0.05) is 6.92 Å². The van der Waals surface area contributed by atoms with E-state index >= 15 is 0 Å². The average molecular weight is 297 g/mol. The van der Waals surface area contributed by atoms with Gasteiger partial charge >= 0.3 is 0 Å². The highest BCUT2D eigenvalue weighted by atomic mass is 79.9. The van der Waals surface area contributed by atoms with Crippen molar-refractivity contribution >= 4 is 38.9 Å². The highest BCUT2D eigenvalue weighted by molar-refractivity contribution is 9.10. The van der Waals surface area contributed by atoms with Crippen molar-refractivity contribution in [1.82, 2.24) is 5.32 Å². The van der Waals surface area contributed by atoms with E-state index in [0.29, 0.717) is 17.8 Å². The molecule has 1 aromatic heterocycles. The van der Waals surface area contributed by atoms with E-state index in [2.05, 4.69) is 46.5 Å². The Labute approximate surface area is 103 Å². The molecule has 1 rings (SSSR count). The standard InChI is InChI=1S/C10H15BrClNS/c1-7(5-12)8(2)13-6-10-9(11)3-4-14-10/h3-4,7-8,13H,5-6H2,1-2H3. The molecule has 14 heavy (non-hydrogen) atoms. The first-order chi connectivity index (χ1) is 6.65. The van der Waals surface area contributed by atoms with Gasteiger partial charge in [-0.3, -0.25) is 0 Å². The Hall–Kier alpha value is 0.430. The molecule has 0 spiro atoms. The molecule has 0 aliphatic heterocycles. The maximum Gasteiger partial charge on any atom is 0.0327 e. The molecule has 1 nitrogen and oxygen atoms in total. The van der Waals surface area contributed by atoms with Gasteiger partial charge in [0.2, 0.25) is 0 Å². The van der Waals surface area contributed by atoms with E-state index in [4.69, 9.17) is 11.6 Å². The minimum atomic E-state index is 0.460. The largest absolute Gasteiger partial charge is 0.309 e. The van der Waals surface area contributed by atoms with Crippen LogP contribution in [-0.2, 0) is 6.54 Å². The molecule has 2 atom stereocenters. The summed E-state index contributed by atoms with van der Waals surface area (Å²) in [6, 6.07) is 2.54. The summed E-state index contributed by atoms with van der Waals surface area (Å²) in [5.74, 6) is 1.22. The maximum atomic E-state index is 5.79. The van der Waals surface area contributed by atoms with Gasteiger partial charge in [-0.2, -0.15) is 0 Å². The molecule has 0 aliphatic carbocycles. The molecule has 2 unspecified atom stereocenters. The zero-order valence-electron chi connectivity index (χ0n) is 8.39. The fourth-order valence-corrected chi connectivity index (χ4v) is 2.75. The molecule has 0 aromatic carbocycles. The van der Waals surface area contributed by atoms with Crippen molar-refractivity contribution < 1.29 is 0 Å². The minimum Gasteiger partial charge on any atom is -0.309 e. The highest BCUT2D eigenvalue weighted by Crippen LogP contribution is 2.22. The second-order valence-electron chi connectivity index (χ2n) is 3.49. The van der Waals surface area contributed by atoms with Crippen LogP contribution in [-0.4, -0.2) is 11.9 Å². The molecular weight excluding hydrogens is 282 g/mol. The predicted octanol–water partition coefficient (Wildman–Crippen LogP) is 3.86. The lowest BCUT2D eigenvalue weighted by molar-refractivity contribution is 0.431. The van der Waals surface area contributed by atoms with E-state index in [1.165, 1.54) is 9.35 Å². The van der Waals surface area contributed by atoms with Gasteiger partial charge in [-0.05, 0) is 40.2 Å². The fraction of sp³-hybridized carbons (Fsp3) is 0.600. The first kappa shape index (κ1) is 12.5. The topological polar surface area (TPSA) is 12.0 Å². The van der Waals surface area contributed by atoms with Crippen molar-refractivity contribution in [2.75, 3.05) is 5.88 Å². The lowest BCUT2D eigenvalue weighted by atomic mass is 10.1. The van der Waals surface area contributed by atoms with Crippen molar-refractivity contribution in [2.45, 2.75) is 26.4 Å². The lowest BCUT2D eigenvalue weighted by Gasteiger charge is -2.18. The van der Waals surface area contributed by atoms with Crippen LogP contribution in [0.3, 0.4) is 0 Å². The van der Waals surface area contributed by atoms with Crippen molar-refractivity contribution in [1.29, 1.82) is 0 Å². The molecule has 1 aromatic rings. The molecule has 1 heterocycles. The number of alkyl halides is 1. The maximum absolute atomic E-state index is 5.79. The van der Waals surface area contributed by atoms with Gasteiger partial charge in [-0.15, -0.1) is 22.9 Å². The molecule has 0 amide bonds. The zero-order chi connectivity index (χ0) is 10.6. The quantitative estimate of drug-likeness (QED) is 0.814. The van der Waals surface area contributed by atoms with Gasteiger partial charge in [-0.25, -0.2) is 0 Å². The normalized spacial score (nSPS) is 15.4. The fourth-order valence-electron chi connectivity index (χ4n) is 1.04. The molecule has 0 radical (unpaired) electrons. The summed E-state index contributed by atoms with van der Waals surface area (Å²) in [5, 5.41) is 5.57. The molecular formula is C10H15BrClNS. The first-order valence-electron chi connectivity index (χ1n) is 4.66. The molecule has 0 fully saturated rings. The Morgan fingerprint density at radius 2 is 2.29 bits per heavy atom. The van der Waals surface area contributed by atoms with Gasteiger partial charge in [0.1, 0.15) is 0 Å². The molecule has 0 saturated carbocycles. The Kier molecular flexibility index (Phi) is 5.45. The number of thiophene rings is 1. The SMILES string of the molecule is CC(CCl)C(C)NCc1sccc1Br. The van der Waals surface area contributed by atoms with Gasteiger partial charge < -0.3 is 5.32 Å². The van der Waals surface area contributed by atoms with Crippen LogP contribution in [0.25, 0.3) is 0 Å². The van der Waals surface area contributed by atoms with Gasteiger partial charge in [0.15, 0.2) is 0 Å². The Balaban J connectivity index is 2.37. The molecule has 4 heteroatoms. The smallest absolute Gasteiger partial charge is 0.0327 e. The Morgan fingerprint density at radius 1 is 1.57 bits per heavy atom. The number of hydrogen-bond acceptors (Lipinski definition) is 2. The second kappa shape index (κ2) is 6.11. The summed E-state index contributed by atoms with van der Waals surface area (Å²) < 4.78 is 1.20. The van der Waals surface area contributed by atoms with Crippen LogP contribution in [0.5, 0.6) is 0 Å². The van der Waals surface area contributed by atoms with Crippen LogP contribution >= 0.6 is 38.9 Å². The minimum absolute atomic E-state index is 0.460. The number of halogens is 2. The molecule has 0 bridgehead atoms. The van der Waals surface area contributed by atoms with Crippen LogP contribution in [0, 0.1) is 5.92 Å². The molecule has 1 N–H and O–H groups in total. The van der Waals surface area contributed by atoms with Crippen molar-refractivity contribution in [3.63, 3.8) is 0 Å². The summed E-state index contributed by atoms with van der Waals surface area (Å²) in [6.07, 6.45) is 0. The molecule has 0 aliphatic rings. The number of hydrogen-bond donors (Lipinski definition) is 1. The van der Waals surface area contributed by atoms with Gasteiger partial charge in [0.05, 0.1) is 0 Å². The lowest BCUT2D eigenvalue weighted by Crippen LogP contribution is -2.32. The summed E-state index contributed by atoms with van der Waals surface area (Å²) in [5.41, 5.74) is 0. The van der Waals surface area contributed by atoms with Crippen LogP contribution in [0.15, 0.2) is 15.9 Å². The first-order valence-corrected chi connectivity index (χ1v) is 6.87. The predicted molar refractivity (Wildman–Crippen MR) is 68.2 cm³/mol. The Bertz CT molecular complexity index is 277.